The summed E-state index contributed by atoms with van der Waals surface area (Å²) >= 11 is 0. The van der Waals surface area contributed by atoms with E-state index in [-0.39, 0.29) is 0 Å². The van der Waals surface area contributed by atoms with Gasteiger partial charge in [-0.15, -0.1) is 0 Å². The number of hydrogen-bond donors (Lipinski definition) is 1. The molecule has 0 aliphatic carbocycles. The highest BCUT2D eigenvalue weighted by atomic mass is 16.4. The standard InChI is InChI=1S/C8H15NO3/c1-9(2)4-3-6(10)5-7(9)8(11)12/h6-7,10H,3-5H2,1-2H3. The molecule has 1 fully saturated rings. The Morgan fingerprint density at radius 2 is 2.17 bits per heavy atom. The summed E-state index contributed by atoms with van der Waals surface area (Å²) in [6.07, 6.45) is 0.519. The van der Waals surface area contributed by atoms with Crippen LogP contribution in [0, 0.1) is 0 Å². The first kappa shape index (κ1) is 9.48. The first-order valence-corrected chi connectivity index (χ1v) is 4.15. The molecular formula is C8H15NO3. The molecule has 0 radical (unpaired) electrons. The minimum atomic E-state index is -1.06. The van der Waals surface area contributed by atoms with Gasteiger partial charge in [0.05, 0.1) is 32.7 Å². The lowest BCUT2D eigenvalue weighted by Gasteiger charge is -2.43. The third-order valence-electron chi connectivity index (χ3n) is 2.65. The summed E-state index contributed by atoms with van der Waals surface area (Å²) in [5.74, 6) is -1.06. The SMILES string of the molecule is C[N+]1(C)CCC(O)CC1C(=O)[O-]. The highest BCUT2D eigenvalue weighted by Gasteiger charge is 2.36. The Hall–Kier alpha value is -0.610. The molecule has 0 bridgehead atoms. The van der Waals surface area contributed by atoms with Crippen LogP contribution in [0.15, 0.2) is 0 Å². The summed E-state index contributed by atoms with van der Waals surface area (Å²) in [5.41, 5.74) is 0. The van der Waals surface area contributed by atoms with Gasteiger partial charge in [0, 0.05) is 12.8 Å². The number of nitrogens with zero attached hydrogens (tertiary/aromatic N) is 1. The predicted molar refractivity (Wildman–Crippen MR) is 41.0 cm³/mol. The Balaban J connectivity index is 2.72. The number of aliphatic hydroxyl groups excluding tert-OH is 1. The van der Waals surface area contributed by atoms with E-state index in [0.29, 0.717) is 23.9 Å². The number of quaternary nitrogens is 1. The smallest absolute Gasteiger partial charge is 0.131 e. The van der Waals surface area contributed by atoms with Crippen LogP contribution in [0.25, 0.3) is 0 Å². The first-order chi connectivity index (χ1) is 5.43. The van der Waals surface area contributed by atoms with Gasteiger partial charge in [-0.25, -0.2) is 0 Å². The number of carbonyl (C=O) groups is 1. The zero-order chi connectivity index (χ0) is 9.35. The lowest BCUT2D eigenvalue weighted by molar-refractivity contribution is -0.914. The lowest BCUT2D eigenvalue weighted by Crippen LogP contribution is -2.61. The number of hydrogen-bond acceptors (Lipinski definition) is 3. The maximum absolute atomic E-state index is 10.7. The molecule has 0 amide bonds. The number of rotatable bonds is 1. The third kappa shape index (κ3) is 1.76. The molecule has 1 rings (SSSR count). The molecule has 1 heterocycles. The molecule has 70 valence electrons. The van der Waals surface area contributed by atoms with Crippen molar-refractivity contribution in [1.82, 2.24) is 0 Å². The maximum Gasteiger partial charge on any atom is 0.131 e. The number of aliphatic hydroxyl groups is 1. The fourth-order valence-corrected chi connectivity index (χ4v) is 1.68. The van der Waals surface area contributed by atoms with Gasteiger partial charge in [-0.1, -0.05) is 0 Å². The van der Waals surface area contributed by atoms with Crippen molar-refractivity contribution in [3.8, 4) is 0 Å². The van der Waals surface area contributed by atoms with Crippen LogP contribution in [0.5, 0.6) is 0 Å². The fraction of sp³-hybridized carbons (Fsp3) is 0.875. The van der Waals surface area contributed by atoms with Gasteiger partial charge in [-0.05, 0) is 0 Å². The normalized spacial score (nSPS) is 34.6. The number of likely N-dealkylation sites (N-methyl/N-ethyl adjacent to an activating group) is 1. The van der Waals surface area contributed by atoms with Gasteiger partial charge in [-0.3, -0.25) is 0 Å². The Morgan fingerprint density at radius 3 is 2.58 bits per heavy atom. The molecule has 1 aliphatic heterocycles. The molecule has 1 N–H and O–H groups in total. The van der Waals surface area contributed by atoms with Crippen molar-refractivity contribution in [1.29, 1.82) is 0 Å². The van der Waals surface area contributed by atoms with Gasteiger partial charge in [0.1, 0.15) is 6.04 Å². The van der Waals surface area contributed by atoms with Crippen molar-refractivity contribution in [2.24, 2.45) is 0 Å². The number of piperidine rings is 1. The fourth-order valence-electron chi connectivity index (χ4n) is 1.68. The monoisotopic (exact) mass is 173 g/mol. The highest BCUT2D eigenvalue weighted by molar-refractivity contribution is 5.69. The molecule has 1 saturated heterocycles. The van der Waals surface area contributed by atoms with Gasteiger partial charge in [0.2, 0.25) is 0 Å². The average Bonchev–Trinajstić information content (AvgIpc) is 1.94. The molecule has 0 aromatic heterocycles. The van der Waals surface area contributed by atoms with E-state index >= 15 is 0 Å². The van der Waals surface area contributed by atoms with Crippen LogP contribution in [0.2, 0.25) is 0 Å². The summed E-state index contributed by atoms with van der Waals surface area (Å²) in [5, 5.41) is 19.9. The lowest BCUT2D eigenvalue weighted by atomic mass is 9.98. The average molecular weight is 173 g/mol. The van der Waals surface area contributed by atoms with Crippen molar-refractivity contribution in [3.05, 3.63) is 0 Å². The van der Waals surface area contributed by atoms with E-state index in [2.05, 4.69) is 0 Å². The van der Waals surface area contributed by atoms with Crippen molar-refractivity contribution >= 4 is 5.97 Å². The van der Waals surface area contributed by atoms with E-state index < -0.39 is 18.1 Å². The molecule has 1 aliphatic rings. The van der Waals surface area contributed by atoms with E-state index in [1.165, 1.54) is 0 Å². The van der Waals surface area contributed by atoms with Crippen LogP contribution < -0.4 is 5.11 Å². The molecule has 0 spiro atoms. The van der Waals surface area contributed by atoms with Crippen LogP contribution in [-0.4, -0.2) is 48.3 Å². The maximum atomic E-state index is 10.7. The predicted octanol–water partition coefficient (Wildman–Crippen LogP) is -1.66. The number of likely N-dealkylation sites (tertiary alicyclic amines) is 1. The summed E-state index contributed by atoms with van der Waals surface area (Å²) in [7, 11) is 3.71. The molecule has 12 heavy (non-hydrogen) atoms. The van der Waals surface area contributed by atoms with Gasteiger partial charge >= 0.3 is 0 Å². The Bertz CT molecular complexity index is 191. The second-order valence-electron chi connectivity index (χ2n) is 4.02. The zero-order valence-corrected chi connectivity index (χ0v) is 7.49. The van der Waals surface area contributed by atoms with Crippen LogP contribution in [0.1, 0.15) is 12.8 Å². The van der Waals surface area contributed by atoms with E-state index in [9.17, 15) is 15.0 Å². The second kappa shape index (κ2) is 3.03. The molecule has 0 aromatic carbocycles. The number of aliphatic carboxylic acids is 1. The minimum Gasteiger partial charge on any atom is -0.544 e. The van der Waals surface area contributed by atoms with Gasteiger partial charge < -0.3 is 19.5 Å². The summed E-state index contributed by atoms with van der Waals surface area (Å²) < 4.78 is 0.416. The van der Waals surface area contributed by atoms with Crippen molar-refractivity contribution in [2.75, 3.05) is 20.6 Å². The Morgan fingerprint density at radius 1 is 1.58 bits per heavy atom. The van der Waals surface area contributed by atoms with E-state index in [1.54, 1.807) is 0 Å². The van der Waals surface area contributed by atoms with Crippen LogP contribution in [0.4, 0.5) is 0 Å². The summed E-state index contributed by atoms with van der Waals surface area (Å²) in [6, 6.07) is -0.561. The van der Waals surface area contributed by atoms with E-state index in [0.717, 1.165) is 0 Å². The quantitative estimate of drug-likeness (QED) is 0.483. The highest BCUT2D eigenvalue weighted by Crippen LogP contribution is 2.21. The molecular weight excluding hydrogens is 158 g/mol. The topological polar surface area (TPSA) is 60.4 Å². The largest absolute Gasteiger partial charge is 0.544 e. The van der Waals surface area contributed by atoms with Crippen LogP contribution >= 0.6 is 0 Å². The molecule has 4 heteroatoms. The summed E-state index contributed by atoms with van der Waals surface area (Å²) in [6.45, 7) is 0.694. The van der Waals surface area contributed by atoms with E-state index in [1.807, 2.05) is 14.1 Å². The van der Waals surface area contributed by atoms with Crippen molar-refractivity contribution in [2.45, 2.75) is 25.0 Å². The number of carbonyl (C=O) groups excluding carboxylic acids is 1. The third-order valence-corrected chi connectivity index (χ3v) is 2.65. The Kier molecular flexibility index (Phi) is 2.39. The van der Waals surface area contributed by atoms with Gasteiger partial charge in [-0.2, -0.15) is 0 Å². The number of carboxylic acid groups (broad SMARTS) is 1. The van der Waals surface area contributed by atoms with Crippen LogP contribution in [0.3, 0.4) is 0 Å². The van der Waals surface area contributed by atoms with Gasteiger partial charge in [0.25, 0.3) is 0 Å². The second-order valence-corrected chi connectivity index (χ2v) is 4.02. The molecule has 0 saturated carbocycles. The van der Waals surface area contributed by atoms with Gasteiger partial charge in [0.15, 0.2) is 0 Å². The Labute approximate surface area is 72.0 Å². The molecule has 2 atom stereocenters. The van der Waals surface area contributed by atoms with Crippen molar-refractivity contribution in [3.63, 3.8) is 0 Å². The van der Waals surface area contributed by atoms with Crippen LogP contribution in [-0.2, 0) is 4.79 Å². The minimum absolute atomic E-state index is 0.315. The first-order valence-electron chi connectivity index (χ1n) is 4.15. The molecule has 4 nitrogen and oxygen atoms in total. The summed E-state index contributed by atoms with van der Waals surface area (Å²) in [4.78, 5) is 10.7. The molecule has 0 aromatic rings. The zero-order valence-electron chi connectivity index (χ0n) is 7.49. The number of carboxylic acids is 1. The van der Waals surface area contributed by atoms with Crippen molar-refractivity contribution < 1.29 is 19.5 Å². The molecule has 2 unspecified atom stereocenters. The van der Waals surface area contributed by atoms with E-state index in [4.69, 9.17) is 0 Å².